The SMILES string of the molecule is CC(=O)Oc1ccccc1C(=O)NCc1ccc(Cl)cc1. The first-order chi connectivity index (χ1) is 10.1. The van der Waals surface area contributed by atoms with Crippen LogP contribution in [0.2, 0.25) is 5.02 Å². The normalized spacial score (nSPS) is 10.0. The van der Waals surface area contributed by atoms with E-state index in [0.717, 1.165) is 5.56 Å². The molecule has 0 aliphatic rings. The van der Waals surface area contributed by atoms with Crippen LogP contribution in [0, 0.1) is 0 Å². The number of carbonyl (C=O) groups excluding carboxylic acids is 2. The molecule has 0 spiro atoms. The van der Waals surface area contributed by atoms with Crippen LogP contribution in [0.1, 0.15) is 22.8 Å². The van der Waals surface area contributed by atoms with Crippen LogP contribution in [0.4, 0.5) is 0 Å². The molecule has 0 aromatic heterocycles. The molecule has 2 rings (SSSR count). The summed E-state index contributed by atoms with van der Waals surface area (Å²) >= 11 is 5.80. The lowest BCUT2D eigenvalue weighted by molar-refractivity contribution is -0.131. The number of nitrogens with one attached hydrogen (secondary N) is 1. The molecule has 0 saturated carbocycles. The Morgan fingerprint density at radius 3 is 2.43 bits per heavy atom. The quantitative estimate of drug-likeness (QED) is 0.697. The van der Waals surface area contributed by atoms with Crippen LogP contribution < -0.4 is 10.1 Å². The molecule has 2 aromatic carbocycles. The van der Waals surface area contributed by atoms with Crippen LogP contribution in [0.15, 0.2) is 48.5 Å². The van der Waals surface area contributed by atoms with Gasteiger partial charge in [0.15, 0.2) is 0 Å². The average molecular weight is 304 g/mol. The van der Waals surface area contributed by atoms with Gasteiger partial charge < -0.3 is 10.1 Å². The largest absolute Gasteiger partial charge is 0.426 e. The Morgan fingerprint density at radius 2 is 1.76 bits per heavy atom. The van der Waals surface area contributed by atoms with Crippen molar-refractivity contribution in [2.75, 3.05) is 0 Å². The van der Waals surface area contributed by atoms with Crippen LogP contribution >= 0.6 is 11.6 Å². The van der Waals surface area contributed by atoms with Crippen molar-refractivity contribution < 1.29 is 14.3 Å². The fourth-order valence-electron chi connectivity index (χ4n) is 1.78. The van der Waals surface area contributed by atoms with Crippen molar-refractivity contribution in [2.24, 2.45) is 0 Å². The van der Waals surface area contributed by atoms with Crippen molar-refractivity contribution in [3.05, 3.63) is 64.7 Å². The molecule has 2 aromatic rings. The molecule has 21 heavy (non-hydrogen) atoms. The van der Waals surface area contributed by atoms with Gasteiger partial charge in [0.2, 0.25) is 0 Å². The van der Waals surface area contributed by atoms with Crippen LogP contribution in [0.5, 0.6) is 5.75 Å². The fourth-order valence-corrected chi connectivity index (χ4v) is 1.90. The van der Waals surface area contributed by atoms with E-state index >= 15 is 0 Å². The molecule has 1 N–H and O–H groups in total. The van der Waals surface area contributed by atoms with E-state index in [0.29, 0.717) is 17.1 Å². The first kappa shape index (κ1) is 15.1. The van der Waals surface area contributed by atoms with Crippen molar-refractivity contribution in [3.8, 4) is 5.75 Å². The van der Waals surface area contributed by atoms with Gasteiger partial charge in [-0.05, 0) is 29.8 Å². The Balaban J connectivity index is 2.06. The lowest BCUT2D eigenvalue weighted by atomic mass is 10.1. The minimum atomic E-state index is -0.465. The first-order valence-electron chi connectivity index (χ1n) is 6.36. The summed E-state index contributed by atoms with van der Waals surface area (Å²) in [4.78, 5) is 23.2. The number of ether oxygens (including phenoxy) is 1. The van der Waals surface area contributed by atoms with Crippen LogP contribution in [0.3, 0.4) is 0 Å². The van der Waals surface area contributed by atoms with Gasteiger partial charge in [-0.1, -0.05) is 35.9 Å². The summed E-state index contributed by atoms with van der Waals surface area (Å²) in [5.74, 6) is -0.520. The molecule has 4 nitrogen and oxygen atoms in total. The van der Waals surface area contributed by atoms with E-state index in [-0.39, 0.29) is 11.7 Å². The Morgan fingerprint density at radius 1 is 1.10 bits per heavy atom. The van der Waals surface area contributed by atoms with Gasteiger partial charge >= 0.3 is 5.97 Å². The number of benzene rings is 2. The van der Waals surface area contributed by atoms with Crippen molar-refractivity contribution >= 4 is 23.5 Å². The van der Waals surface area contributed by atoms with Gasteiger partial charge in [0.05, 0.1) is 5.56 Å². The smallest absolute Gasteiger partial charge is 0.308 e. The molecular weight excluding hydrogens is 290 g/mol. The summed E-state index contributed by atoms with van der Waals surface area (Å²) in [5, 5.41) is 3.42. The second-order valence-corrected chi connectivity index (χ2v) is 4.84. The van der Waals surface area contributed by atoms with E-state index in [1.807, 2.05) is 12.1 Å². The predicted octanol–water partition coefficient (Wildman–Crippen LogP) is 3.20. The molecule has 0 unspecified atom stereocenters. The van der Waals surface area contributed by atoms with Gasteiger partial charge in [0, 0.05) is 18.5 Å². The number of halogens is 1. The molecular formula is C16H14ClNO3. The molecule has 0 aliphatic carbocycles. The first-order valence-corrected chi connectivity index (χ1v) is 6.74. The zero-order valence-corrected chi connectivity index (χ0v) is 12.2. The highest BCUT2D eigenvalue weighted by Crippen LogP contribution is 2.18. The summed E-state index contributed by atoms with van der Waals surface area (Å²) in [6.45, 7) is 1.66. The molecule has 1 amide bonds. The van der Waals surface area contributed by atoms with Gasteiger partial charge in [-0.3, -0.25) is 9.59 Å². The van der Waals surface area contributed by atoms with Gasteiger partial charge in [0.25, 0.3) is 5.91 Å². The second kappa shape index (κ2) is 6.90. The lowest BCUT2D eigenvalue weighted by Crippen LogP contribution is -2.23. The number of para-hydroxylation sites is 1. The molecule has 0 fully saturated rings. The third kappa shape index (κ3) is 4.33. The van der Waals surface area contributed by atoms with E-state index in [4.69, 9.17) is 16.3 Å². The zero-order valence-electron chi connectivity index (χ0n) is 11.4. The number of carbonyl (C=O) groups is 2. The van der Waals surface area contributed by atoms with Crippen LogP contribution in [-0.4, -0.2) is 11.9 Å². The highest BCUT2D eigenvalue weighted by atomic mass is 35.5. The average Bonchev–Trinajstić information content (AvgIpc) is 2.46. The minimum absolute atomic E-state index is 0.249. The third-order valence-corrected chi connectivity index (χ3v) is 3.00. The van der Waals surface area contributed by atoms with Crippen molar-refractivity contribution in [3.63, 3.8) is 0 Å². The molecule has 0 atom stereocenters. The maximum atomic E-state index is 12.2. The van der Waals surface area contributed by atoms with E-state index < -0.39 is 5.97 Å². The van der Waals surface area contributed by atoms with E-state index in [2.05, 4.69) is 5.32 Å². The Kier molecular flexibility index (Phi) is 4.95. The third-order valence-electron chi connectivity index (χ3n) is 2.75. The maximum absolute atomic E-state index is 12.2. The molecule has 5 heteroatoms. The van der Waals surface area contributed by atoms with Crippen molar-refractivity contribution in [1.29, 1.82) is 0 Å². The summed E-state index contributed by atoms with van der Waals surface area (Å²) in [6.07, 6.45) is 0. The van der Waals surface area contributed by atoms with Crippen LogP contribution in [-0.2, 0) is 11.3 Å². The molecule has 0 bridgehead atoms. The maximum Gasteiger partial charge on any atom is 0.308 e. The van der Waals surface area contributed by atoms with Gasteiger partial charge in [-0.15, -0.1) is 0 Å². The van der Waals surface area contributed by atoms with Gasteiger partial charge in [-0.2, -0.15) is 0 Å². The Labute approximate surface area is 127 Å². The number of rotatable bonds is 4. The Bertz CT molecular complexity index is 653. The lowest BCUT2D eigenvalue weighted by Gasteiger charge is -2.09. The van der Waals surface area contributed by atoms with E-state index in [1.165, 1.54) is 6.92 Å². The summed E-state index contributed by atoms with van der Waals surface area (Å²) in [7, 11) is 0. The van der Waals surface area contributed by atoms with Crippen molar-refractivity contribution in [1.82, 2.24) is 5.32 Å². The monoisotopic (exact) mass is 303 g/mol. The van der Waals surface area contributed by atoms with Crippen molar-refractivity contribution in [2.45, 2.75) is 13.5 Å². The molecule has 108 valence electrons. The van der Waals surface area contributed by atoms with Gasteiger partial charge in [-0.25, -0.2) is 0 Å². The highest BCUT2D eigenvalue weighted by Gasteiger charge is 2.13. The number of hydrogen-bond acceptors (Lipinski definition) is 3. The topological polar surface area (TPSA) is 55.4 Å². The zero-order chi connectivity index (χ0) is 15.2. The van der Waals surface area contributed by atoms with E-state index in [1.54, 1.807) is 36.4 Å². The molecule has 0 radical (unpaired) electrons. The standard InChI is InChI=1S/C16H14ClNO3/c1-11(19)21-15-5-3-2-4-14(15)16(20)18-10-12-6-8-13(17)9-7-12/h2-9H,10H2,1H3,(H,18,20). The predicted molar refractivity (Wildman–Crippen MR) is 80.4 cm³/mol. The molecule has 0 heterocycles. The number of amides is 1. The summed E-state index contributed by atoms with van der Waals surface area (Å²) in [6, 6.07) is 13.8. The van der Waals surface area contributed by atoms with Gasteiger partial charge in [0.1, 0.15) is 5.75 Å². The molecule has 0 saturated heterocycles. The fraction of sp³-hybridized carbons (Fsp3) is 0.125. The second-order valence-electron chi connectivity index (χ2n) is 4.40. The van der Waals surface area contributed by atoms with Crippen LogP contribution in [0.25, 0.3) is 0 Å². The minimum Gasteiger partial charge on any atom is -0.426 e. The highest BCUT2D eigenvalue weighted by molar-refractivity contribution is 6.30. The summed E-state index contributed by atoms with van der Waals surface area (Å²) < 4.78 is 5.02. The Hall–Kier alpha value is -2.33. The van der Waals surface area contributed by atoms with E-state index in [9.17, 15) is 9.59 Å². The summed E-state index contributed by atoms with van der Waals surface area (Å²) in [5.41, 5.74) is 1.25. The number of esters is 1. The molecule has 0 aliphatic heterocycles. The number of hydrogen-bond donors (Lipinski definition) is 1.